The number of hydrogen-bond acceptors (Lipinski definition) is 5. The second kappa shape index (κ2) is 11.7. The van der Waals surface area contributed by atoms with E-state index >= 15 is 0 Å². The van der Waals surface area contributed by atoms with Gasteiger partial charge in [-0.25, -0.2) is 18.2 Å². The highest BCUT2D eigenvalue weighted by molar-refractivity contribution is 5.94. The van der Waals surface area contributed by atoms with Crippen LogP contribution in [0.25, 0.3) is 11.1 Å². The van der Waals surface area contributed by atoms with Gasteiger partial charge in [0.1, 0.15) is 11.9 Å². The molecule has 1 unspecified atom stereocenters. The Bertz CT molecular complexity index is 1320. The maximum absolute atomic E-state index is 14.4. The summed E-state index contributed by atoms with van der Waals surface area (Å²) >= 11 is 0. The second-order valence-electron chi connectivity index (χ2n) is 10.3. The van der Waals surface area contributed by atoms with Crippen molar-refractivity contribution in [2.45, 2.75) is 51.2 Å². The van der Waals surface area contributed by atoms with Crippen LogP contribution >= 0.6 is 0 Å². The monoisotopic (exact) mass is 538 g/mol. The number of benzene rings is 2. The Labute approximate surface area is 226 Å². The molecule has 1 atom stereocenters. The molecule has 0 spiro atoms. The van der Waals surface area contributed by atoms with Crippen molar-refractivity contribution in [2.24, 2.45) is 0 Å². The number of ether oxygens (including phenoxy) is 1. The van der Waals surface area contributed by atoms with Crippen LogP contribution in [0.3, 0.4) is 0 Å². The van der Waals surface area contributed by atoms with Gasteiger partial charge in [-0.3, -0.25) is 4.79 Å². The van der Waals surface area contributed by atoms with Crippen molar-refractivity contribution in [3.8, 4) is 16.9 Å². The van der Waals surface area contributed by atoms with Crippen LogP contribution in [0.15, 0.2) is 48.7 Å². The molecule has 0 aliphatic carbocycles. The number of amides is 1. The molecule has 2 saturated heterocycles. The zero-order chi connectivity index (χ0) is 27.5. The van der Waals surface area contributed by atoms with Gasteiger partial charge in [-0.1, -0.05) is 19.1 Å². The number of carbonyl (C=O) groups excluding carboxylic acids is 1. The van der Waals surface area contributed by atoms with E-state index in [1.54, 1.807) is 31.3 Å². The Morgan fingerprint density at radius 3 is 2.31 bits per heavy atom. The number of rotatable bonds is 7. The van der Waals surface area contributed by atoms with Gasteiger partial charge < -0.3 is 20.3 Å². The lowest BCUT2D eigenvalue weighted by Gasteiger charge is -2.36. The summed E-state index contributed by atoms with van der Waals surface area (Å²) in [6, 6.07) is 10.8. The number of likely N-dealkylation sites (tertiary alicyclic amines) is 2. The third kappa shape index (κ3) is 5.88. The third-order valence-corrected chi connectivity index (χ3v) is 7.78. The Hall–Kier alpha value is -3.59. The molecule has 1 amide bonds. The number of hydrogen-bond donors (Lipinski definition) is 1. The van der Waals surface area contributed by atoms with E-state index in [1.165, 1.54) is 25.9 Å². The standard InChI is InChI=1S/C30H33F3N4O2/c1-2-27(23-16-25(32)26(33)17-24(23)31)39-28-15-21(18-35-29(28)34)19-5-7-20(8-6-19)30(38)37-13-9-22(10-14-37)36-11-3-4-12-36/h5-8,15-18,22,27H,2-4,9-14H2,1H3,(H2,34,35). The van der Waals surface area contributed by atoms with Crippen molar-refractivity contribution in [3.63, 3.8) is 0 Å². The van der Waals surface area contributed by atoms with Gasteiger partial charge in [0.25, 0.3) is 5.91 Å². The molecule has 2 N–H and O–H groups in total. The van der Waals surface area contributed by atoms with Crippen molar-refractivity contribution >= 4 is 11.7 Å². The maximum Gasteiger partial charge on any atom is 0.253 e. The van der Waals surface area contributed by atoms with Gasteiger partial charge in [0.2, 0.25) is 0 Å². The summed E-state index contributed by atoms with van der Waals surface area (Å²) in [5.74, 6) is -3.00. The first-order valence-electron chi connectivity index (χ1n) is 13.5. The number of carbonyl (C=O) groups is 1. The Balaban J connectivity index is 1.27. The summed E-state index contributed by atoms with van der Waals surface area (Å²) < 4.78 is 47.5. The normalized spacial score (nSPS) is 17.4. The number of pyridine rings is 1. The topological polar surface area (TPSA) is 71.7 Å². The van der Waals surface area contributed by atoms with Gasteiger partial charge in [-0.15, -0.1) is 0 Å². The molecule has 0 saturated carbocycles. The molecule has 2 aliphatic heterocycles. The number of anilines is 1. The molecule has 1 aromatic heterocycles. The quantitative estimate of drug-likeness (QED) is 0.375. The lowest BCUT2D eigenvalue weighted by Crippen LogP contribution is -2.45. The predicted molar refractivity (Wildman–Crippen MR) is 144 cm³/mol. The number of nitrogens with zero attached hydrogens (tertiary/aromatic N) is 3. The molecule has 2 aliphatic rings. The Morgan fingerprint density at radius 1 is 0.974 bits per heavy atom. The number of piperidine rings is 1. The van der Waals surface area contributed by atoms with E-state index in [0.29, 0.717) is 23.2 Å². The van der Waals surface area contributed by atoms with E-state index in [9.17, 15) is 18.0 Å². The lowest BCUT2D eigenvalue weighted by molar-refractivity contribution is 0.0644. The molecule has 9 heteroatoms. The highest BCUT2D eigenvalue weighted by Crippen LogP contribution is 2.33. The molecular weight excluding hydrogens is 505 g/mol. The van der Waals surface area contributed by atoms with E-state index in [4.69, 9.17) is 10.5 Å². The van der Waals surface area contributed by atoms with Crippen LogP contribution in [-0.2, 0) is 0 Å². The van der Waals surface area contributed by atoms with Crippen LogP contribution in [0.4, 0.5) is 19.0 Å². The highest BCUT2D eigenvalue weighted by Gasteiger charge is 2.28. The van der Waals surface area contributed by atoms with Crippen LogP contribution in [0.1, 0.15) is 61.1 Å². The number of aromatic nitrogens is 1. The molecule has 0 bridgehead atoms. The predicted octanol–water partition coefficient (Wildman–Crippen LogP) is 5.98. The van der Waals surface area contributed by atoms with E-state index in [1.807, 2.05) is 17.0 Å². The summed E-state index contributed by atoms with van der Waals surface area (Å²) in [7, 11) is 0. The minimum absolute atomic E-state index is 0.0280. The SMILES string of the molecule is CCC(Oc1cc(-c2ccc(C(=O)N3CCC(N4CCCC4)CC3)cc2)cnc1N)c1cc(F)c(F)cc1F. The minimum atomic E-state index is -1.26. The number of nitrogens with two attached hydrogens (primary N) is 1. The fourth-order valence-corrected chi connectivity index (χ4v) is 5.54. The molecule has 3 heterocycles. The minimum Gasteiger partial charge on any atom is -0.482 e. The third-order valence-electron chi connectivity index (χ3n) is 7.78. The van der Waals surface area contributed by atoms with Crippen molar-refractivity contribution in [3.05, 3.63) is 77.2 Å². The lowest BCUT2D eigenvalue weighted by atomic mass is 10.0. The van der Waals surface area contributed by atoms with Crippen molar-refractivity contribution in [1.29, 1.82) is 0 Å². The fraction of sp³-hybridized carbons (Fsp3) is 0.400. The van der Waals surface area contributed by atoms with Gasteiger partial charge in [-0.05, 0) is 75.0 Å². The van der Waals surface area contributed by atoms with Gasteiger partial charge in [0.15, 0.2) is 23.2 Å². The average Bonchev–Trinajstić information content (AvgIpc) is 3.50. The van der Waals surface area contributed by atoms with Gasteiger partial charge in [0, 0.05) is 48.1 Å². The molecule has 6 nitrogen and oxygen atoms in total. The largest absolute Gasteiger partial charge is 0.482 e. The van der Waals surface area contributed by atoms with Crippen molar-refractivity contribution in [1.82, 2.24) is 14.8 Å². The molecule has 2 aromatic carbocycles. The van der Waals surface area contributed by atoms with E-state index in [-0.39, 0.29) is 29.5 Å². The maximum atomic E-state index is 14.4. The van der Waals surface area contributed by atoms with Crippen LogP contribution in [0.2, 0.25) is 0 Å². The van der Waals surface area contributed by atoms with Gasteiger partial charge in [-0.2, -0.15) is 0 Å². The molecular formula is C30H33F3N4O2. The smallest absolute Gasteiger partial charge is 0.253 e. The van der Waals surface area contributed by atoms with Crippen LogP contribution in [-0.4, -0.2) is 52.9 Å². The Kier molecular flexibility index (Phi) is 8.07. The summed E-state index contributed by atoms with van der Waals surface area (Å²) in [5, 5.41) is 0. The summed E-state index contributed by atoms with van der Waals surface area (Å²) in [5.41, 5.74) is 8.02. The van der Waals surface area contributed by atoms with E-state index in [0.717, 1.165) is 37.6 Å². The van der Waals surface area contributed by atoms with E-state index < -0.39 is 23.6 Å². The zero-order valence-electron chi connectivity index (χ0n) is 22.0. The van der Waals surface area contributed by atoms with Crippen LogP contribution < -0.4 is 10.5 Å². The van der Waals surface area contributed by atoms with Gasteiger partial charge in [0.05, 0.1) is 0 Å². The van der Waals surface area contributed by atoms with E-state index in [2.05, 4.69) is 9.88 Å². The van der Waals surface area contributed by atoms with Gasteiger partial charge >= 0.3 is 0 Å². The molecule has 3 aromatic rings. The number of nitrogen functional groups attached to an aromatic ring is 1. The molecule has 39 heavy (non-hydrogen) atoms. The molecule has 206 valence electrons. The Morgan fingerprint density at radius 2 is 1.64 bits per heavy atom. The summed E-state index contributed by atoms with van der Waals surface area (Å²) in [6.07, 6.45) is 5.55. The first-order valence-corrected chi connectivity index (χ1v) is 13.5. The zero-order valence-corrected chi connectivity index (χ0v) is 22.0. The number of halogens is 3. The highest BCUT2D eigenvalue weighted by atomic mass is 19.2. The molecule has 0 radical (unpaired) electrons. The van der Waals surface area contributed by atoms with Crippen LogP contribution in [0, 0.1) is 17.5 Å². The van der Waals surface area contributed by atoms with Crippen LogP contribution in [0.5, 0.6) is 5.75 Å². The average molecular weight is 539 g/mol. The summed E-state index contributed by atoms with van der Waals surface area (Å²) in [4.78, 5) is 21.8. The fourth-order valence-electron chi connectivity index (χ4n) is 5.54. The summed E-state index contributed by atoms with van der Waals surface area (Å²) in [6.45, 7) is 5.62. The first kappa shape index (κ1) is 27.0. The molecule has 2 fully saturated rings. The second-order valence-corrected chi connectivity index (χ2v) is 10.3. The first-order chi connectivity index (χ1) is 18.8. The van der Waals surface area contributed by atoms with Crippen molar-refractivity contribution in [2.75, 3.05) is 31.9 Å². The molecule has 5 rings (SSSR count). The van der Waals surface area contributed by atoms with Crippen molar-refractivity contribution < 1.29 is 22.7 Å².